The molecule has 0 saturated carbocycles. The number of fused-ring (bicyclic) bond motifs is 2. The summed E-state index contributed by atoms with van der Waals surface area (Å²) in [5, 5.41) is 6.27. The fourth-order valence-electron chi connectivity index (χ4n) is 3.01. The SMILES string of the molecule is CN1C(=O)/C(=c2\sc3nc(-c4cccs4)nn3c2=O)c2cc(Br)ccc21. The second kappa shape index (κ2) is 5.57. The summed E-state index contributed by atoms with van der Waals surface area (Å²) in [6.07, 6.45) is 0. The van der Waals surface area contributed by atoms with Crippen LogP contribution in [0.4, 0.5) is 5.69 Å². The Morgan fingerprint density at radius 2 is 2.04 bits per heavy atom. The van der Waals surface area contributed by atoms with Crippen LogP contribution >= 0.6 is 38.6 Å². The van der Waals surface area contributed by atoms with E-state index in [1.54, 1.807) is 11.9 Å². The predicted octanol–water partition coefficient (Wildman–Crippen LogP) is 2.54. The van der Waals surface area contributed by atoms with Gasteiger partial charge in [-0.2, -0.15) is 9.50 Å². The zero-order chi connectivity index (χ0) is 18.0. The fourth-order valence-corrected chi connectivity index (χ4v) is 5.02. The summed E-state index contributed by atoms with van der Waals surface area (Å²) < 4.78 is 2.50. The number of aromatic nitrogens is 3. The first-order valence-corrected chi connectivity index (χ1v) is 10.1. The molecule has 0 aliphatic carbocycles. The lowest BCUT2D eigenvalue weighted by Crippen LogP contribution is -2.30. The molecule has 0 bridgehead atoms. The third-order valence-electron chi connectivity index (χ3n) is 4.23. The topological polar surface area (TPSA) is 67.6 Å². The lowest BCUT2D eigenvalue weighted by atomic mass is 10.1. The van der Waals surface area contributed by atoms with Crippen LogP contribution in [0.3, 0.4) is 0 Å². The van der Waals surface area contributed by atoms with E-state index in [0.29, 0.717) is 20.9 Å². The molecule has 4 heterocycles. The number of thiazole rings is 1. The minimum absolute atomic E-state index is 0.196. The summed E-state index contributed by atoms with van der Waals surface area (Å²) in [6, 6.07) is 9.42. The summed E-state index contributed by atoms with van der Waals surface area (Å²) >= 11 is 6.15. The van der Waals surface area contributed by atoms with Crippen molar-refractivity contribution in [1.29, 1.82) is 0 Å². The van der Waals surface area contributed by atoms with E-state index < -0.39 is 0 Å². The number of likely N-dealkylation sites (N-methyl/N-ethyl adjacent to an activating group) is 1. The number of anilines is 1. The highest BCUT2D eigenvalue weighted by molar-refractivity contribution is 9.10. The first-order chi connectivity index (χ1) is 12.5. The van der Waals surface area contributed by atoms with Gasteiger partial charge in [-0.1, -0.05) is 33.3 Å². The molecule has 1 aliphatic heterocycles. The average molecular weight is 445 g/mol. The Bertz CT molecular complexity index is 1310. The van der Waals surface area contributed by atoms with Gasteiger partial charge in [-0.05, 0) is 29.6 Å². The number of nitrogens with zero attached hydrogens (tertiary/aromatic N) is 4. The Balaban J connectivity index is 1.81. The predicted molar refractivity (Wildman–Crippen MR) is 106 cm³/mol. The standard InChI is InChI=1S/C17H9BrN4O2S2/c1-21-10-5-4-8(18)7-9(10)12(15(21)23)13-16(24)22-17(26-13)19-14(20-22)11-3-2-6-25-11/h2-7H,1H3/b13-12-. The van der Waals surface area contributed by atoms with E-state index in [0.717, 1.165) is 20.6 Å². The van der Waals surface area contributed by atoms with Crippen LogP contribution in [0.1, 0.15) is 5.56 Å². The van der Waals surface area contributed by atoms with Crippen molar-refractivity contribution < 1.29 is 4.79 Å². The molecule has 0 atom stereocenters. The maximum Gasteiger partial charge on any atom is 0.291 e. The van der Waals surface area contributed by atoms with Crippen molar-refractivity contribution in [2.24, 2.45) is 0 Å². The highest BCUT2D eigenvalue weighted by Crippen LogP contribution is 2.36. The van der Waals surface area contributed by atoms with Gasteiger partial charge in [0.15, 0.2) is 5.82 Å². The van der Waals surface area contributed by atoms with Crippen molar-refractivity contribution in [1.82, 2.24) is 14.6 Å². The number of carbonyl (C=O) groups excluding carboxylic acids is 1. The fraction of sp³-hybridized carbons (Fsp3) is 0.0588. The summed E-state index contributed by atoms with van der Waals surface area (Å²) in [6.45, 7) is 0. The number of hydrogen-bond acceptors (Lipinski definition) is 6. The Kier molecular flexibility index (Phi) is 3.40. The number of carbonyl (C=O) groups is 1. The largest absolute Gasteiger partial charge is 0.311 e. The number of amides is 1. The Hall–Kier alpha value is -2.36. The smallest absolute Gasteiger partial charge is 0.291 e. The van der Waals surface area contributed by atoms with Gasteiger partial charge in [0.2, 0.25) is 4.96 Å². The highest BCUT2D eigenvalue weighted by Gasteiger charge is 2.32. The summed E-state index contributed by atoms with van der Waals surface area (Å²) in [5.74, 6) is 0.330. The minimum Gasteiger partial charge on any atom is -0.311 e. The van der Waals surface area contributed by atoms with Crippen LogP contribution in [0.2, 0.25) is 0 Å². The number of hydrogen-bond donors (Lipinski definition) is 0. The molecule has 1 aromatic carbocycles. The first-order valence-electron chi connectivity index (χ1n) is 7.60. The van der Waals surface area contributed by atoms with E-state index in [2.05, 4.69) is 26.0 Å². The van der Waals surface area contributed by atoms with Crippen molar-refractivity contribution in [2.75, 3.05) is 11.9 Å². The normalized spacial score (nSPS) is 15.9. The third kappa shape index (κ3) is 2.14. The molecule has 5 rings (SSSR count). The summed E-state index contributed by atoms with van der Waals surface area (Å²) in [7, 11) is 1.71. The molecule has 26 heavy (non-hydrogen) atoms. The maximum atomic E-state index is 12.9. The molecule has 0 radical (unpaired) electrons. The van der Waals surface area contributed by atoms with Crippen LogP contribution in [0, 0.1) is 0 Å². The van der Waals surface area contributed by atoms with Gasteiger partial charge in [0, 0.05) is 17.1 Å². The average Bonchev–Trinajstić information content (AvgIpc) is 3.36. The van der Waals surface area contributed by atoms with Gasteiger partial charge in [0.25, 0.3) is 11.5 Å². The molecular weight excluding hydrogens is 436 g/mol. The monoisotopic (exact) mass is 444 g/mol. The molecule has 1 aliphatic rings. The van der Waals surface area contributed by atoms with Gasteiger partial charge in [-0.15, -0.1) is 16.4 Å². The molecule has 128 valence electrons. The molecule has 3 aromatic heterocycles. The van der Waals surface area contributed by atoms with Gasteiger partial charge in [-0.3, -0.25) is 9.59 Å². The second-order valence-corrected chi connectivity index (χ2v) is 8.58. The van der Waals surface area contributed by atoms with E-state index in [9.17, 15) is 9.59 Å². The van der Waals surface area contributed by atoms with E-state index in [1.165, 1.54) is 27.2 Å². The van der Waals surface area contributed by atoms with Crippen LogP contribution in [0.5, 0.6) is 0 Å². The zero-order valence-electron chi connectivity index (χ0n) is 13.3. The van der Waals surface area contributed by atoms with E-state index in [1.807, 2.05) is 35.7 Å². The molecule has 4 aromatic rings. The molecular formula is C17H9BrN4O2S2. The van der Waals surface area contributed by atoms with Crippen LogP contribution < -0.4 is 15.0 Å². The van der Waals surface area contributed by atoms with Gasteiger partial charge in [0.05, 0.1) is 16.1 Å². The van der Waals surface area contributed by atoms with Crippen LogP contribution in [0.15, 0.2) is 45.0 Å². The number of thiophene rings is 1. The minimum atomic E-state index is -0.315. The Morgan fingerprint density at radius 3 is 2.77 bits per heavy atom. The van der Waals surface area contributed by atoms with Crippen LogP contribution in [-0.2, 0) is 4.79 Å². The van der Waals surface area contributed by atoms with E-state index in [-0.39, 0.29) is 11.5 Å². The number of halogens is 1. The Labute approximate surface area is 163 Å². The summed E-state index contributed by atoms with van der Waals surface area (Å²) in [4.78, 5) is 33.1. The van der Waals surface area contributed by atoms with Gasteiger partial charge in [0.1, 0.15) is 4.53 Å². The van der Waals surface area contributed by atoms with Crippen molar-refractivity contribution in [3.63, 3.8) is 0 Å². The third-order valence-corrected chi connectivity index (χ3v) is 6.62. The van der Waals surface area contributed by atoms with Gasteiger partial charge in [-0.25, -0.2) is 0 Å². The molecule has 0 spiro atoms. The lowest BCUT2D eigenvalue weighted by molar-refractivity contribution is -0.112. The van der Waals surface area contributed by atoms with Crippen LogP contribution in [-0.4, -0.2) is 27.6 Å². The zero-order valence-corrected chi connectivity index (χ0v) is 16.5. The van der Waals surface area contributed by atoms with E-state index >= 15 is 0 Å². The second-order valence-electron chi connectivity index (χ2n) is 5.74. The Morgan fingerprint density at radius 1 is 1.19 bits per heavy atom. The number of benzene rings is 1. The molecule has 0 N–H and O–H groups in total. The molecule has 9 heteroatoms. The van der Waals surface area contributed by atoms with Gasteiger partial charge >= 0.3 is 0 Å². The lowest BCUT2D eigenvalue weighted by Gasteiger charge is -2.08. The molecule has 0 fully saturated rings. The molecule has 0 unspecified atom stereocenters. The molecule has 6 nitrogen and oxygen atoms in total. The highest BCUT2D eigenvalue weighted by atomic mass is 79.9. The van der Waals surface area contributed by atoms with Gasteiger partial charge < -0.3 is 4.90 Å². The van der Waals surface area contributed by atoms with Crippen molar-refractivity contribution >= 4 is 60.7 Å². The van der Waals surface area contributed by atoms with Crippen molar-refractivity contribution in [2.45, 2.75) is 0 Å². The quantitative estimate of drug-likeness (QED) is 0.452. The maximum absolute atomic E-state index is 12.9. The molecule has 0 saturated heterocycles. The first kappa shape index (κ1) is 15.9. The number of rotatable bonds is 1. The molecule has 1 amide bonds. The van der Waals surface area contributed by atoms with Crippen LogP contribution in [0.25, 0.3) is 21.2 Å². The van der Waals surface area contributed by atoms with Crippen molar-refractivity contribution in [3.05, 3.63) is 60.6 Å². The summed E-state index contributed by atoms with van der Waals surface area (Å²) in [5.41, 5.74) is 1.62. The van der Waals surface area contributed by atoms with E-state index in [4.69, 9.17) is 0 Å². The van der Waals surface area contributed by atoms with Crippen molar-refractivity contribution in [3.8, 4) is 10.7 Å².